The molecule has 0 saturated carbocycles. The Labute approximate surface area is 140 Å². The first kappa shape index (κ1) is 16.9. The van der Waals surface area contributed by atoms with Crippen LogP contribution in [0.1, 0.15) is 43.6 Å². The first-order valence-electron chi connectivity index (χ1n) is 8.49. The summed E-state index contributed by atoms with van der Waals surface area (Å²) in [4.78, 5) is 25.3. The van der Waals surface area contributed by atoms with Gasteiger partial charge >= 0.3 is 0 Å². The van der Waals surface area contributed by atoms with Crippen molar-refractivity contribution in [2.75, 3.05) is 24.6 Å². The highest BCUT2D eigenvalue weighted by Gasteiger charge is 2.34. The van der Waals surface area contributed by atoms with Crippen molar-refractivity contribution in [1.82, 2.24) is 5.32 Å². The van der Waals surface area contributed by atoms with E-state index in [0.29, 0.717) is 38.8 Å². The Bertz CT molecular complexity index is 609. The number of nitrogens with one attached hydrogen (secondary N) is 1. The van der Waals surface area contributed by atoms with Crippen LogP contribution in [0.4, 0.5) is 10.1 Å². The highest BCUT2D eigenvalue weighted by atomic mass is 19.1. The summed E-state index contributed by atoms with van der Waals surface area (Å²) in [7, 11) is 0. The Morgan fingerprint density at radius 1 is 1.21 bits per heavy atom. The number of aliphatic hydroxyl groups is 1. The molecule has 0 aliphatic carbocycles. The second-order valence-electron chi connectivity index (χ2n) is 6.71. The van der Waals surface area contributed by atoms with Crippen LogP contribution in [0.15, 0.2) is 24.3 Å². The predicted octanol–water partition coefficient (Wildman–Crippen LogP) is 1.90. The second kappa shape index (κ2) is 6.89. The molecule has 0 radical (unpaired) electrons. The van der Waals surface area contributed by atoms with E-state index in [9.17, 15) is 14.0 Å². The van der Waals surface area contributed by atoms with Crippen LogP contribution in [0.25, 0.3) is 0 Å². The van der Waals surface area contributed by atoms with Crippen LogP contribution in [-0.4, -0.2) is 42.3 Å². The smallest absolute Gasteiger partial charge is 0.234 e. The maximum absolute atomic E-state index is 14.4. The van der Waals surface area contributed by atoms with Crippen molar-refractivity contribution in [2.45, 2.75) is 43.7 Å². The minimum atomic E-state index is -1.25. The molecule has 24 heavy (non-hydrogen) atoms. The summed E-state index contributed by atoms with van der Waals surface area (Å²) < 4.78 is 14.4. The van der Waals surface area contributed by atoms with E-state index in [2.05, 4.69) is 10.2 Å². The second-order valence-corrected chi connectivity index (χ2v) is 6.71. The van der Waals surface area contributed by atoms with Gasteiger partial charge < -0.3 is 10.0 Å². The van der Waals surface area contributed by atoms with Crippen LogP contribution in [0, 0.1) is 0 Å². The van der Waals surface area contributed by atoms with Gasteiger partial charge in [0.1, 0.15) is 5.67 Å². The van der Waals surface area contributed by atoms with Crippen molar-refractivity contribution in [3.63, 3.8) is 0 Å². The van der Waals surface area contributed by atoms with Crippen LogP contribution in [0.2, 0.25) is 0 Å². The summed E-state index contributed by atoms with van der Waals surface area (Å²) in [5, 5.41) is 11.3. The molecule has 1 aromatic carbocycles. The number of hydrogen-bond donors (Lipinski definition) is 2. The number of alkyl halides is 1. The summed E-state index contributed by atoms with van der Waals surface area (Å²) in [5.41, 5.74) is 0.663. The third-order valence-corrected chi connectivity index (χ3v) is 5.12. The molecule has 0 spiro atoms. The van der Waals surface area contributed by atoms with Crippen molar-refractivity contribution >= 4 is 17.5 Å². The fourth-order valence-electron chi connectivity index (χ4n) is 3.55. The largest absolute Gasteiger partial charge is 0.396 e. The van der Waals surface area contributed by atoms with E-state index >= 15 is 0 Å². The van der Waals surface area contributed by atoms with Crippen molar-refractivity contribution in [1.29, 1.82) is 0 Å². The summed E-state index contributed by atoms with van der Waals surface area (Å²) >= 11 is 0. The van der Waals surface area contributed by atoms with E-state index in [-0.39, 0.29) is 30.8 Å². The summed E-state index contributed by atoms with van der Waals surface area (Å²) in [5.74, 6) is -0.719. The van der Waals surface area contributed by atoms with Gasteiger partial charge in [-0.05, 0) is 37.0 Å². The average Bonchev–Trinajstić information content (AvgIpc) is 2.56. The first-order chi connectivity index (χ1) is 11.5. The van der Waals surface area contributed by atoms with Crippen LogP contribution >= 0.6 is 0 Å². The number of anilines is 1. The SMILES string of the molecule is O=C1CC[C@@H](c2ccc(N3CCC(F)(CCO)CC3)cc2)C(=O)N1. The number of hydrogen-bond acceptors (Lipinski definition) is 4. The highest BCUT2D eigenvalue weighted by molar-refractivity contribution is 6.00. The first-order valence-corrected chi connectivity index (χ1v) is 8.49. The Morgan fingerprint density at radius 3 is 2.46 bits per heavy atom. The predicted molar refractivity (Wildman–Crippen MR) is 88.6 cm³/mol. The topological polar surface area (TPSA) is 69.6 Å². The van der Waals surface area contributed by atoms with Crippen molar-refractivity contribution < 1.29 is 19.1 Å². The zero-order valence-electron chi connectivity index (χ0n) is 13.6. The lowest BCUT2D eigenvalue weighted by atomic mass is 9.89. The van der Waals surface area contributed by atoms with Gasteiger partial charge in [-0.15, -0.1) is 0 Å². The molecule has 2 amide bonds. The third kappa shape index (κ3) is 3.59. The Hall–Kier alpha value is -1.95. The monoisotopic (exact) mass is 334 g/mol. The van der Waals surface area contributed by atoms with Crippen molar-refractivity contribution in [2.24, 2.45) is 0 Å². The molecule has 3 rings (SSSR count). The van der Waals surface area contributed by atoms with Gasteiger partial charge in [0, 0.05) is 38.2 Å². The van der Waals surface area contributed by atoms with Gasteiger partial charge in [-0.3, -0.25) is 14.9 Å². The van der Waals surface area contributed by atoms with Crippen molar-refractivity contribution in [3.05, 3.63) is 29.8 Å². The highest BCUT2D eigenvalue weighted by Crippen LogP contribution is 2.33. The number of imide groups is 1. The van der Waals surface area contributed by atoms with Gasteiger partial charge in [-0.2, -0.15) is 0 Å². The van der Waals surface area contributed by atoms with Crippen LogP contribution in [-0.2, 0) is 9.59 Å². The average molecular weight is 334 g/mol. The number of carbonyl (C=O) groups excluding carboxylic acids is 2. The molecule has 2 N–H and O–H groups in total. The molecule has 2 aliphatic rings. The third-order valence-electron chi connectivity index (χ3n) is 5.12. The zero-order chi connectivity index (χ0) is 17.2. The van der Waals surface area contributed by atoms with Gasteiger partial charge in [0.15, 0.2) is 0 Å². The van der Waals surface area contributed by atoms with Crippen LogP contribution in [0.5, 0.6) is 0 Å². The van der Waals surface area contributed by atoms with E-state index < -0.39 is 5.67 Å². The molecular formula is C18H23FN2O3. The number of benzene rings is 1. The fourth-order valence-corrected chi connectivity index (χ4v) is 3.55. The molecule has 1 atom stereocenters. The number of nitrogens with zero attached hydrogens (tertiary/aromatic N) is 1. The molecule has 6 heteroatoms. The van der Waals surface area contributed by atoms with Crippen LogP contribution in [0.3, 0.4) is 0 Å². The molecular weight excluding hydrogens is 311 g/mol. The minimum Gasteiger partial charge on any atom is -0.396 e. The van der Waals surface area contributed by atoms with Gasteiger partial charge in [-0.1, -0.05) is 12.1 Å². The van der Waals surface area contributed by atoms with Crippen LogP contribution < -0.4 is 10.2 Å². The number of carbonyl (C=O) groups is 2. The fraction of sp³-hybridized carbons (Fsp3) is 0.556. The minimum absolute atomic E-state index is 0.114. The van der Waals surface area contributed by atoms with E-state index in [1.165, 1.54) is 0 Å². The summed E-state index contributed by atoms with van der Waals surface area (Å²) in [6, 6.07) is 7.74. The molecule has 2 aliphatic heterocycles. The number of piperidine rings is 2. The van der Waals surface area contributed by atoms with Gasteiger partial charge in [0.05, 0.1) is 5.92 Å². The molecule has 130 valence electrons. The van der Waals surface area contributed by atoms with E-state index in [0.717, 1.165) is 11.3 Å². The molecule has 2 fully saturated rings. The number of amides is 2. The van der Waals surface area contributed by atoms with Crippen molar-refractivity contribution in [3.8, 4) is 0 Å². The standard InChI is InChI=1S/C18H23FN2O3/c19-18(9-12-22)7-10-21(11-8-18)14-3-1-13(2-4-14)15-5-6-16(23)20-17(15)24/h1-4,15,22H,5-12H2,(H,20,23,24)/t15-/m0/s1. The summed E-state index contributed by atoms with van der Waals surface area (Å²) in [6.07, 6.45) is 1.95. The Kier molecular flexibility index (Phi) is 4.85. The Balaban J connectivity index is 1.63. The number of aliphatic hydroxyl groups excluding tert-OH is 1. The zero-order valence-corrected chi connectivity index (χ0v) is 13.6. The lowest BCUT2D eigenvalue weighted by Gasteiger charge is -2.37. The molecule has 2 heterocycles. The van der Waals surface area contributed by atoms with Gasteiger partial charge in [0.25, 0.3) is 0 Å². The number of rotatable bonds is 4. The van der Waals surface area contributed by atoms with E-state index in [1.54, 1.807) is 0 Å². The van der Waals surface area contributed by atoms with Gasteiger partial charge in [-0.25, -0.2) is 4.39 Å². The molecule has 0 unspecified atom stereocenters. The molecule has 0 aromatic heterocycles. The number of halogens is 1. The normalized spacial score (nSPS) is 23.9. The quantitative estimate of drug-likeness (QED) is 0.825. The lowest BCUT2D eigenvalue weighted by molar-refractivity contribution is -0.134. The molecule has 5 nitrogen and oxygen atoms in total. The Morgan fingerprint density at radius 2 is 1.88 bits per heavy atom. The van der Waals surface area contributed by atoms with E-state index in [4.69, 9.17) is 5.11 Å². The maximum Gasteiger partial charge on any atom is 0.234 e. The molecule has 0 bridgehead atoms. The maximum atomic E-state index is 14.4. The molecule has 1 aromatic rings. The summed E-state index contributed by atoms with van der Waals surface area (Å²) in [6.45, 7) is 1.12. The van der Waals surface area contributed by atoms with E-state index in [1.807, 2.05) is 24.3 Å². The lowest BCUT2D eigenvalue weighted by Crippen LogP contribution is -2.42. The van der Waals surface area contributed by atoms with Gasteiger partial charge in [0.2, 0.25) is 11.8 Å². The molecule has 2 saturated heterocycles.